The lowest BCUT2D eigenvalue weighted by molar-refractivity contribution is -0.275. The van der Waals surface area contributed by atoms with E-state index in [1.807, 2.05) is 30.3 Å². The minimum atomic E-state index is -4.79. The Hall–Kier alpha value is -1.21. The number of rotatable bonds is 4. The largest absolute Gasteiger partial charge is 0.573 e. The number of halogens is 5. The van der Waals surface area contributed by atoms with Crippen LogP contribution in [0.3, 0.4) is 0 Å². The van der Waals surface area contributed by atoms with Crippen molar-refractivity contribution in [3.8, 4) is 11.5 Å². The van der Waals surface area contributed by atoms with Crippen molar-refractivity contribution in [1.82, 2.24) is 0 Å². The van der Waals surface area contributed by atoms with Crippen LogP contribution in [0.2, 0.25) is 0 Å². The van der Waals surface area contributed by atoms with Crippen LogP contribution >= 0.6 is 31.9 Å². The van der Waals surface area contributed by atoms with Crippen molar-refractivity contribution in [2.45, 2.75) is 13.0 Å². The number of hydrogen-bond donors (Lipinski definition) is 0. The van der Waals surface area contributed by atoms with E-state index in [1.165, 1.54) is 6.07 Å². The number of hydrogen-bond acceptors (Lipinski definition) is 2. The second-order valence-corrected chi connectivity index (χ2v) is 5.81. The molecule has 0 bridgehead atoms. The molecule has 0 aliphatic heterocycles. The standard InChI is InChI=1S/C14H9Br2F3O2/c15-10-6-11(16)13(12(7-10)21-14(17,18)19)20-8-9-4-2-1-3-5-9/h1-7H,8H2. The second-order valence-electron chi connectivity index (χ2n) is 4.04. The van der Waals surface area contributed by atoms with E-state index in [-0.39, 0.29) is 12.4 Å². The van der Waals surface area contributed by atoms with Gasteiger partial charge in [0.2, 0.25) is 0 Å². The molecule has 2 aromatic carbocycles. The van der Waals surface area contributed by atoms with Crippen LogP contribution in [-0.4, -0.2) is 6.36 Å². The van der Waals surface area contributed by atoms with Crippen LogP contribution < -0.4 is 9.47 Å². The Balaban J connectivity index is 2.24. The first kappa shape index (κ1) is 16.2. The molecule has 0 unspecified atom stereocenters. The van der Waals surface area contributed by atoms with E-state index in [1.54, 1.807) is 6.07 Å². The van der Waals surface area contributed by atoms with Gasteiger partial charge in [-0.1, -0.05) is 46.3 Å². The summed E-state index contributed by atoms with van der Waals surface area (Å²) >= 11 is 6.29. The average molecular weight is 426 g/mol. The third kappa shape index (κ3) is 4.93. The molecule has 2 nitrogen and oxygen atoms in total. The summed E-state index contributed by atoms with van der Waals surface area (Å²) in [6.07, 6.45) is -4.79. The Labute approximate surface area is 136 Å². The third-order valence-electron chi connectivity index (χ3n) is 2.43. The zero-order valence-corrected chi connectivity index (χ0v) is 13.6. The Morgan fingerprint density at radius 2 is 1.67 bits per heavy atom. The Bertz CT molecular complexity index is 616. The van der Waals surface area contributed by atoms with Gasteiger partial charge in [0, 0.05) is 4.47 Å². The van der Waals surface area contributed by atoms with Crippen molar-refractivity contribution in [3.05, 3.63) is 57.0 Å². The fourth-order valence-electron chi connectivity index (χ4n) is 1.61. The zero-order chi connectivity index (χ0) is 15.5. The molecule has 2 rings (SSSR count). The lowest BCUT2D eigenvalue weighted by atomic mass is 10.2. The summed E-state index contributed by atoms with van der Waals surface area (Å²) in [5.74, 6) is -0.404. The summed E-state index contributed by atoms with van der Waals surface area (Å²) in [7, 11) is 0. The summed E-state index contributed by atoms with van der Waals surface area (Å²) < 4.78 is 47.6. The molecule has 112 valence electrons. The van der Waals surface area contributed by atoms with Crippen molar-refractivity contribution in [2.75, 3.05) is 0 Å². The number of ether oxygens (including phenoxy) is 2. The van der Waals surface area contributed by atoms with Gasteiger partial charge >= 0.3 is 6.36 Å². The quantitative estimate of drug-likeness (QED) is 0.626. The van der Waals surface area contributed by atoms with Crippen LogP contribution in [0, 0.1) is 0 Å². The first-order valence-electron chi connectivity index (χ1n) is 5.76. The molecule has 0 heterocycles. The van der Waals surface area contributed by atoms with Gasteiger partial charge in [-0.25, -0.2) is 0 Å². The molecule has 7 heteroatoms. The van der Waals surface area contributed by atoms with Crippen molar-refractivity contribution in [3.63, 3.8) is 0 Å². The number of benzene rings is 2. The van der Waals surface area contributed by atoms with Gasteiger partial charge in [0.1, 0.15) is 6.61 Å². The highest BCUT2D eigenvalue weighted by Gasteiger charge is 2.33. The predicted molar refractivity (Wildman–Crippen MR) is 79.3 cm³/mol. The lowest BCUT2D eigenvalue weighted by Crippen LogP contribution is -2.18. The summed E-state index contributed by atoms with van der Waals surface area (Å²) in [5, 5.41) is 0. The van der Waals surface area contributed by atoms with Gasteiger partial charge < -0.3 is 9.47 Å². The summed E-state index contributed by atoms with van der Waals surface area (Å²) in [6.45, 7) is 0.134. The van der Waals surface area contributed by atoms with Crippen LogP contribution in [-0.2, 0) is 6.61 Å². The van der Waals surface area contributed by atoms with Gasteiger partial charge in [-0.2, -0.15) is 0 Å². The topological polar surface area (TPSA) is 18.5 Å². The van der Waals surface area contributed by atoms with E-state index < -0.39 is 12.1 Å². The van der Waals surface area contributed by atoms with Crippen LogP contribution in [0.15, 0.2) is 51.4 Å². The van der Waals surface area contributed by atoms with Crippen LogP contribution in [0.25, 0.3) is 0 Å². The number of alkyl halides is 3. The van der Waals surface area contributed by atoms with Gasteiger partial charge in [0.15, 0.2) is 11.5 Å². The average Bonchev–Trinajstić information content (AvgIpc) is 2.36. The molecule has 0 aliphatic carbocycles. The summed E-state index contributed by atoms with van der Waals surface area (Å²) in [6, 6.07) is 11.9. The molecule has 0 saturated heterocycles. The minimum absolute atomic E-state index is 0.000576. The monoisotopic (exact) mass is 424 g/mol. The van der Waals surface area contributed by atoms with E-state index in [0.29, 0.717) is 8.95 Å². The minimum Gasteiger partial charge on any atom is -0.484 e. The normalized spacial score (nSPS) is 11.3. The van der Waals surface area contributed by atoms with Crippen LogP contribution in [0.1, 0.15) is 5.56 Å². The molecule has 0 amide bonds. The molecule has 0 radical (unpaired) electrons. The lowest BCUT2D eigenvalue weighted by Gasteiger charge is -2.16. The predicted octanol–water partition coefficient (Wildman–Crippen LogP) is 5.69. The Morgan fingerprint density at radius 1 is 1.00 bits per heavy atom. The molecule has 0 aliphatic rings. The maximum atomic E-state index is 12.4. The third-order valence-corrected chi connectivity index (χ3v) is 3.47. The highest BCUT2D eigenvalue weighted by Crippen LogP contribution is 2.41. The molecule has 0 N–H and O–H groups in total. The zero-order valence-electron chi connectivity index (χ0n) is 10.5. The molecular formula is C14H9Br2F3O2. The SMILES string of the molecule is FC(F)(F)Oc1cc(Br)cc(Br)c1OCc1ccccc1. The molecule has 0 atom stereocenters. The van der Waals surface area contributed by atoms with Crippen molar-refractivity contribution < 1.29 is 22.6 Å². The second kappa shape index (κ2) is 6.70. The van der Waals surface area contributed by atoms with Crippen molar-refractivity contribution in [1.29, 1.82) is 0 Å². The van der Waals surface area contributed by atoms with E-state index >= 15 is 0 Å². The first-order chi connectivity index (χ1) is 9.85. The van der Waals surface area contributed by atoms with Crippen molar-refractivity contribution in [2.24, 2.45) is 0 Å². The molecule has 0 saturated carbocycles. The van der Waals surface area contributed by atoms with Crippen molar-refractivity contribution >= 4 is 31.9 Å². The molecule has 0 spiro atoms. The molecular weight excluding hydrogens is 417 g/mol. The maximum absolute atomic E-state index is 12.4. The fraction of sp³-hybridized carbons (Fsp3) is 0.143. The van der Waals surface area contributed by atoms with Crippen LogP contribution in [0.4, 0.5) is 13.2 Å². The molecule has 2 aromatic rings. The maximum Gasteiger partial charge on any atom is 0.573 e. The Kier molecular flexibility index (Phi) is 5.16. The molecule has 0 aromatic heterocycles. The fourth-order valence-corrected chi connectivity index (χ4v) is 2.91. The van der Waals surface area contributed by atoms with E-state index in [0.717, 1.165) is 5.56 Å². The molecule has 21 heavy (non-hydrogen) atoms. The van der Waals surface area contributed by atoms with E-state index in [4.69, 9.17) is 4.74 Å². The van der Waals surface area contributed by atoms with E-state index in [2.05, 4.69) is 36.6 Å². The van der Waals surface area contributed by atoms with E-state index in [9.17, 15) is 13.2 Å². The highest BCUT2D eigenvalue weighted by molar-refractivity contribution is 9.11. The van der Waals surface area contributed by atoms with Gasteiger partial charge in [-0.15, -0.1) is 13.2 Å². The molecule has 0 fully saturated rings. The van der Waals surface area contributed by atoms with Gasteiger partial charge in [0.05, 0.1) is 4.47 Å². The Morgan fingerprint density at radius 3 is 2.29 bits per heavy atom. The van der Waals surface area contributed by atoms with Crippen LogP contribution in [0.5, 0.6) is 11.5 Å². The van der Waals surface area contributed by atoms with Gasteiger partial charge in [-0.3, -0.25) is 0 Å². The van der Waals surface area contributed by atoms with Gasteiger partial charge in [0.25, 0.3) is 0 Å². The summed E-state index contributed by atoms with van der Waals surface area (Å²) in [4.78, 5) is 0. The first-order valence-corrected chi connectivity index (χ1v) is 7.35. The summed E-state index contributed by atoms with van der Waals surface area (Å²) in [5.41, 5.74) is 0.838. The highest BCUT2D eigenvalue weighted by atomic mass is 79.9. The van der Waals surface area contributed by atoms with Gasteiger partial charge in [-0.05, 0) is 33.6 Å². The smallest absolute Gasteiger partial charge is 0.484 e.